The molecule has 6 rings (SSSR count). The third kappa shape index (κ3) is 5.80. The molecule has 3 aromatic heterocycles. The predicted octanol–water partition coefficient (Wildman–Crippen LogP) is 5.44. The predicted molar refractivity (Wildman–Crippen MR) is 174 cm³/mol. The molecule has 5 aromatic rings. The molecular formula is C35H41FN6O3. The number of aromatic amines is 1. The molecule has 0 saturated carbocycles. The standard InChI is InChI=1S/C35H41FN6O3/c1-22(2)42(23(3)4)34(44)27-8-5-9-29(36)33(27)41-21-28(26-12-13-37-18-32(26)41)25-7-6-14-39(20-25)19-24-10-11-31-30(17-24)38-35(45)40(31)15-16-43/h5,8-13,17-18,21-23,25,43H,6-7,14-16,19-20H2,1-4H3,(H,38,45). The van der Waals surface area contributed by atoms with Crippen molar-refractivity contribution in [3.63, 3.8) is 0 Å². The van der Waals surface area contributed by atoms with Crippen LogP contribution in [0.15, 0.2) is 65.8 Å². The Morgan fingerprint density at radius 3 is 2.69 bits per heavy atom. The van der Waals surface area contributed by atoms with Crippen LogP contribution in [0.2, 0.25) is 0 Å². The number of imidazole rings is 1. The summed E-state index contributed by atoms with van der Waals surface area (Å²) in [6, 6.07) is 12.6. The summed E-state index contributed by atoms with van der Waals surface area (Å²) in [5.41, 5.74) is 4.89. The van der Waals surface area contributed by atoms with Crippen LogP contribution in [0.1, 0.15) is 67.9 Å². The zero-order chi connectivity index (χ0) is 31.8. The molecule has 1 aliphatic rings. The lowest BCUT2D eigenvalue weighted by molar-refractivity contribution is 0.0643. The van der Waals surface area contributed by atoms with Gasteiger partial charge in [0, 0.05) is 43.0 Å². The fourth-order valence-corrected chi connectivity index (χ4v) is 7.09. The number of rotatable bonds is 9. The number of nitrogens with one attached hydrogen (secondary N) is 1. The third-order valence-electron chi connectivity index (χ3n) is 8.96. The van der Waals surface area contributed by atoms with Crippen LogP contribution in [0.4, 0.5) is 4.39 Å². The smallest absolute Gasteiger partial charge is 0.326 e. The molecule has 45 heavy (non-hydrogen) atoms. The molecule has 0 aliphatic carbocycles. The second-order valence-electron chi connectivity index (χ2n) is 12.6. The number of hydrogen-bond donors (Lipinski definition) is 2. The first-order chi connectivity index (χ1) is 21.7. The van der Waals surface area contributed by atoms with Gasteiger partial charge in [0.1, 0.15) is 5.82 Å². The number of para-hydroxylation sites is 1. The van der Waals surface area contributed by atoms with Crippen molar-refractivity contribution < 1.29 is 14.3 Å². The number of halogens is 1. The second-order valence-corrected chi connectivity index (χ2v) is 12.6. The average Bonchev–Trinajstić information content (AvgIpc) is 3.54. The van der Waals surface area contributed by atoms with Crippen molar-refractivity contribution in [2.45, 2.75) is 71.6 Å². The van der Waals surface area contributed by atoms with Crippen molar-refractivity contribution in [3.8, 4) is 5.69 Å². The van der Waals surface area contributed by atoms with Crippen LogP contribution < -0.4 is 5.69 Å². The van der Waals surface area contributed by atoms with Crippen LogP contribution in [0, 0.1) is 5.82 Å². The number of fused-ring (bicyclic) bond motifs is 2. The van der Waals surface area contributed by atoms with Gasteiger partial charge in [0.15, 0.2) is 0 Å². The maximum absolute atomic E-state index is 15.8. The Labute approximate surface area is 261 Å². The molecule has 236 valence electrons. The molecule has 1 saturated heterocycles. The van der Waals surface area contributed by atoms with Gasteiger partial charge in [0.2, 0.25) is 0 Å². The topological polar surface area (TPSA) is 99.4 Å². The molecule has 0 radical (unpaired) electrons. The Balaban J connectivity index is 1.33. The summed E-state index contributed by atoms with van der Waals surface area (Å²) in [4.78, 5) is 37.7. The highest BCUT2D eigenvalue weighted by Crippen LogP contribution is 2.36. The summed E-state index contributed by atoms with van der Waals surface area (Å²) in [5.74, 6) is -0.449. The van der Waals surface area contributed by atoms with E-state index in [0.717, 1.165) is 65.5 Å². The highest BCUT2D eigenvalue weighted by Gasteiger charge is 2.29. The quantitative estimate of drug-likeness (QED) is 0.231. The van der Waals surface area contributed by atoms with E-state index in [1.54, 1.807) is 34.0 Å². The highest BCUT2D eigenvalue weighted by atomic mass is 19.1. The second kappa shape index (κ2) is 12.6. The molecule has 1 atom stereocenters. The Hall–Kier alpha value is -4.28. The molecule has 1 unspecified atom stereocenters. The van der Waals surface area contributed by atoms with Gasteiger partial charge >= 0.3 is 5.69 Å². The van der Waals surface area contributed by atoms with Gasteiger partial charge in [-0.25, -0.2) is 9.18 Å². The molecule has 2 N–H and O–H groups in total. The number of benzene rings is 2. The number of likely N-dealkylation sites (tertiary alicyclic amines) is 1. The monoisotopic (exact) mass is 612 g/mol. The first-order valence-electron chi connectivity index (χ1n) is 15.8. The molecule has 0 spiro atoms. The van der Waals surface area contributed by atoms with E-state index in [-0.39, 0.29) is 48.4 Å². The fraction of sp³-hybridized carbons (Fsp3) is 0.400. The Morgan fingerprint density at radius 1 is 1.13 bits per heavy atom. The lowest BCUT2D eigenvalue weighted by Gasteiger charge is -2.33. The van der Waals surface area contributed by atoms with Gasteiger partial charge in [0.25, 0.3) is 5.91 Å². The first kappa shape index (κ1) is 30.7. The normalized spacial score (nSPS) is 16.0. The van der Waals surface area contributed by atoms with Crippen molar-refractivity contribution in [1.29, 1.82) is 0 Å². The van der Waals surface area contributed by atoms with Crippen LogP contribution in [0.5, 0.6) is 0 Å². The summed E-state index contributed by atoms with van der Waals surface area (Å²) in [6.45, 7) is 10.6. The zero-order valence-electron chi connectivity index (χ0n) is 26.3. The summed E-state index contributed by atoms with van der Waals surface area (Å²) in [6.07, 6.45) is 7.52. The van der Waals surface area contributed by atoms with Crippen LogP contribution >= 0.6 is 0 Å². The van der Waals surface area contributed by atoms with Gasteiger partial charge in [-0.1, -0.05) is 12.1 Å². The third-order valence-corrected chi connectivity index (χ3v) is 8.96. The molecule has 1 aliphatic heterocycles. The van der Waals surface area contributed by atoms with Gasteiger partial charge in [0.05, 0.1) is 47.1 Å². The Bertz CT molecular complexity index is 1900. The van der Waals surface area contributed by atoms with E-state index in [1.165, 1.54) is 6.07 Å². The van der Waals surface area contributed by atoms with E-state index < -0.39 is 5.82 Å². The molecule has 0 bridgehead atoms. The maximum atomic E-state index is 15.8. The number of piperidine rings is 1. The summed E-state index contributed by atoms with van der Waals surface area (Å²) >= 11 is 0. The first-order valence-corrected chi connectivity index (χ1v) is 15.8. The number of aliphatic hydroxyl groups excluding tert-OH is 1. The van der Waals surface area contributed by atoms with Crippen molar-refractivity contribution in [1.82, 2.24) is 28.9 Å². The van der Waals surface area contributed by atoms with E-state index in [2.05, 4.69) is 14.9 Å². The molecular weight excluding hydrogens is 571 g/mol. The number of carbonyl (C=O) groups excluding carboxylic acids is 1. The summed E-state index contributed by atoms with van der Waals surface area (Å²) in [7, 11) is 0. The number of aromatic nitrogens is 4. The minimum Gasteiger partial charge on any atom is -0.395 e. The molecule has 9 nitrogen and oxygen atoms in total. The van der Waals surface area contributed by atoms with Gasteiger partial charge in [-0.05, 0) is 94.5 Å². The summed E-state index contributed by atoms with van der Waals surface area (Å²) < 4.78 is 19.1. The highest BCUT2D eigenvalue weighted by molar-refractivity contribution is 5.99. The van der Waals surface area contributed by atoms with E-state index in [4.69, 9.17) is 0 Å². The van der Waals surface area contributed by atoms with E-state index in [9.17, 15) is 14.7 Å². The number of nitrogens with zero attached hydrogens (tertiary/aromatic N) is 5. The Kier molecular flexibility index (Phi) is 8.61. The van der Waals surface area contributed by atoms with Gasteiger partial charge in [-0.3, -0.25) is 19.2 Å². The maximum Gasteiger partial charge on any atom is 0.326 e. The van der Waals surface area contributed by atoms with Crippen molar-refractivity contribution >= 4 is 27.8 Å². The number of H-pyrrole nitrogens is 1. The fourth-order valence-electron chi connectivity index (χ4n) is 7.09. The van der Waals surface area contributed by atoms with Crippen molar-refractivity contribution in [2.75, 3.05) is 19.7 Å². The van der Waals surface area contributed by atoms with E-state index in [1.807, 2.05) is 62.7 Å². The molecule has 4 heterocycles. The number of carbonyl (C=O) groups is 1. The largest absolute Gasteiger partial charge is 0.395 e. The number of pyridine rings is 1. The van der Waals surface area contributed by atoms with Crippen LogP contribution in [0.25, 0.3) is 27.6 Å². The van der Waals surface area contributed by atoms with Crippen LogP contribution in [-0.4, -0.2) is 71.7 Å². The number of aliphatic hydroxyl groups is 1. The minimum atomic E-state index is -0.452. The zero-order valence-corrected chi connectivity index (χ0v) is 26.3. The Morgan fingerprint density at radius 2 is 1.93 bits per heavy atom. The van der Waals surface area contributed by atoms with Crippen LogP contribution in [-0.2, 0) is 13.1 Å². The van der Waals surface area contributed by atoms with Crippen molar-refractivity contribution in [3.05, 3.63) is 94.0 Å². The van der Waals surface area contributed by atoms with Gasteiger partial charge in [-0.2, -0.15) is 0 Å². The lowest BCUT2D eigenvalue weighted by Crippen LogP contribution is -2.42. The minimum absolute atomic E-state index is 0.0399. The lowest BCUT2D eigenvalue weighted by atomic mass is 9.90. The SMILES string of the molecule is CC(C)N(C(=O)c1cccc(F)c1-n1cc(C2CCCN(Cc3ccc4c(c3)[nH]c(=O)n4CCO)C2)c2ccncc21)C(C)C. The van der Waals surface area contributed by atoms with Gasteiger partial charge < -0.3 is 19.6 Å². The number of hydrogen-bond acceptors (Lipinski definition) is 5. The van der Waals surface area contributed by atoms with Crippen LogP contribution in [0.3, 0.4) is 0 Å². The molecule has 1 amide bonds. The molecule has 2 aromatic carbocycles. The molecule has 1 fully saturated rings. The van der Waals surface area contributed by atoms with Crippen molar-refractivity contribution in [2.24, 2.45) is 0 Å². The van der Waals surface area contributed by atoms with Gasteiger partial charge in [-0.15, -0.1) is 0 Å². The number of amides is 1. The van der Waals surface area contributed by atoms with E-state index in [0.29, 0.717) is 5.56 Å². The molecule has 10 heteroatoms. The van der Waals surface area contributed by atoms with E-state index >= 15 is 4.39 Å². The average molecular weight is 613 g/mol. The summed E-state index contributed by atoms with van der Waals surface area (Å²) in [5, 5.41) is 10.3.